The molecule has 122 valence electrons. The fourth-order valence-electron chi connectivity index (χ4n) is 2.77. The summed E-state index contributed by atoms with van der Waals surface area (Å²) in [5.74, 6) is -0.0916. The molecule has 0 spiro atoms. The summed E-state index contributed by atoms with van der Waals surface area (Å²) in [5.41, 5.74) is 10.9. The molecule has 0 fully saturated rings. The second-order valence-corrected chi connectivity index (χ2v) is 6.34. The van der Waals surface area contributed by atoms with E-state index in [1.165, 1.54) is 16.7 Å². The van der Waals surface area contributed by atoms with Crippen molar-refractivity contribution in [2.45, 2.75) is 45.7 Å². The molecule has 3 N–H and O–H groups in total. The number of hydrogen-bond acceptors (Lipinski definition) is 2. The Morgan fingerprint density at radius 2 is 1.78 bits per heavy atom. The number of carbonyl (C=O) groups is 1. The molecule has 0 saturated carbocycles. The third-order valence-corrected chi connectivity index (χ3v) is 4.05. The van der Waals surface area contributed by atoms with E-state index in [1.54, 1.807) is 0 Å². The molecule has 2 rings (SSSR count). The SMILES string of the molecule is Cc1ccc(CC(C)NC(=O)[C@@H](N)Cc2ccccc2)c(C)c1. The van der Waals surface area contributed by atoms with Crippen LogP contribution in [-0.2, 0) is 17.6 Å². The van der Waals surface area contributed by atoms with E-state index in [9.17, 15) is 4.79 Å². The zero-order valence-corrected chi connectivity index (χ0v) is 14.2. The van der Waals surface area contributed by atoms with E-state index in [0.29, 0.717) is 6.42 Å². The predicted molar refractivity (Wildman–Crippen MR) is 95.3 cm³/mol. The van der Waals surface area contributed by atoms with Crippen molar-refractivity contribution in [1.82, 2.24) is 5.32 Å². The lowest BCUT2D eigenvalue weighted by Gasteiger charge is -2.19. The average molecular weight is 310 g/mol. The maximum absolute atomic E-state index is 12.3. The molecular weight excluding hydrogens is 284 g/mol. The molecule has 2 aromatic carbocycles. The number of carbonyl (C=O) groups excluding carboxylic acids is 1. The first kappa shape index (κ1) is 17.2. The highest BCUT2D eigenvalue weighted by atomic mass is 16.2. The highest BCUT2D eigenvalue weighted by Gasteiger charge is 2.16. The lowest BCUT2D eigenvalue weighted by atomic mass is 9.99. The summed E-state index contributed by atoms with van der Waals surface area (Å²) in [6.07, 6.45) is 1.37. The van der Waals surface area contributed by atoms with Gasteiger partial charge in [0.2, 0.25) is 5.91 Å². The van der Waals surface area contributed by atoms with E-state index in [2.05, 4.69) is 37.4 Å². The van der Waals surface area contributed by atoms with Gasteiger partial charge in [-0.3, -0.25) is 4.79 Å². The molecule has 3 nitrogen and oxygen atoms in total. The molecule has 1 amide bonds. The third kappa shape index (κ3) is 5.22. The largest absolute Gasteiger partial charge is 0.352 e. The Morgan fingerprint density at radius 3 is 2.43 bits per heavy atom. The Labute approximate surface area is 138 Å². The number of hydrogen-bond donors (Lipinski definition) is 2. The van der Waals surface area contributed by atoms with Crippen LogP contribution in [0.1, 0.15) is 29.2 Å². The summed E-state index contributed by atoms with van der Waals surface area (Å²) in [6, 6.07) is 15.8. The Kier molecular flexibility index (Phi) is 5.94. The minimum atomic E-state index is -0.515. The fourth-order valence-corrected chi connectivity index (χ4v) is 2.77. The Hall–Kier alpha value is -2.13. The van der Waals surface area contributed by atoms with Crippen LogP contribution < -0.4 is 11.1 Å². The van der Waals surface area contributed by atoms with Gasteiger partial charge in [0.1, 0.15) is 0 Å². The van der Waals surface area contributed by atoms with Gasteiger partial charge < -0.3 is 11.1 Å². The van der Waals surface area contributed by atoms with Crippen molar-refractivity contribution in [2.75, 3.05) is 0 Å². The molecule has 1 unspecified atom stereocenters. The van der Waals surface area contributed by atoms with Crippen molar-refractivity contribution in [2.24, 2.45) is 5.73 Å². The minimum Gasteiger partial charge on any atom is -0.352 e. The highest BCUT2D eigenvalue weighted by molar-refractivity contribution is 5.82. The highest BCUT2D eigenvalue weighted by Crippen LogP contribution is 2.12. The van der Waals surface area contributed by atoms with Crippen LogP contribution in [0.15, 0.2) is 48.5 Å². The summed E-state index contributed by atoms with van der Waals surface area (Å²) >= 11 is 0. The van der Waals surface area contributed by atoms with Crippen molar-refractivity contribution in [3.63, 3.8) is 0 Å². The first-order valence-corrected chi connectivity index (χ1v) is 8.11. The number of rotatable bonds is 6. The van der Waals surface area contributed by atoms with Gasteiger partial charge in [0.25, 0.3) is 0 Å². The summed E-state index contributed by atoms with van der Waals surface area (Å²) in [7, 11) is 0. The van der Waals surface area contributed by atoms with Gasteiger partial charge in [0, 0.05) is 6.04 Å². The molecule has 0 aliphatic heterocycles. The standard InChI is InChI=1S/C20H26N2O/c1-14-9-10-18(15(2)11-14)12-16(3)22-20(23)19(21)13-17-7-5-4-6-8-17/h4-11,16,19H,12-13,21H2,1-3H3,(H,22,23)/t16?,19-/m0/s1. The van der Waals surface area contributed by atoms with Gasteiger partial charge in [-0.25, -0.2) is 0 Å². The molecule has 2 aromatic rings. The predicted octanol–water partition coefficient (Wildman–Crippen LogP) is 2.92. The molecule has 0 radical (unpaired) electrons. The van der Waals surface area contributed by atoms with Crippen molar-refractivity contribution < 1.29 is 4.79 Å². The van der Waals surface area contributed by atoms with Crippen LogP contribution in [-0.4, -0.2) is 18.0 Å². The van der Waals surface area contributed by atoms with E-state index >= 15 is 0 Å². The maximum Gasteiger partial charge on any atom is 0.237 e. The van der Waals surface area contributed by atoms with Gasteiger partial charge in [-0.15, -0.1) is 0 Å². The molecule has 3 heteroatoms. The first-order chi connectivity index (χ1) is 11.0. The van der Waals surface area contributed by atoms with Crippen molar-refractivity contribution in [3.05, 3.63) is 70.8 Å². The van der Waals surface area contributed by atoms with E-state index in [-0.39, 0.29) is 11.9 Å². The second kappa shape index (κ2) is 7.93. The molecule has 0 heterocycles. The summed E-state index contributed by atoms with van der Waals surface area (Å²) < 4.78 is 0. The van der Waals surface area contributed by atoms with Crippen LogP contribution in [0.3, 0.4) is 0 Å². The van der Waals surface area contributed by atoms with Gasteiger partial charge >= 0.3 is 0 Å². The molecule has 0 aliphatic carbocycles. The molecule has 0 aromatic heterocycles. The van der Waals surface area contributed by atoms with Crippen LogP contribution >= 0.6 is 0 Å². The average Bonchev–Trinajstić information content (AvgIpc) is 2.51. The van der Waals surface area contributed by atoms with E-state index in [4.69, 9.17) is 5.73 Å². The van der Waals surface area contributed by atoms with Crippen LogP contribution in [0, 0.1) is 13.8 Å². The van der Waals surface area contributed by atoms with Crippen LogP contribution in [0.25, 0.3) is 0 Å². The van der Waals surface area contributed by atoms with E-state index in [0.717, 1.165) is 12.0 Å². The summed E-state index contributed by atoms with van der Waals surface area (Å²) in [4.78, 5) is 12.3. The lowest BCUT2D eigenvalue weighted by molar-refractivity contribution is -0.122. The Balaban J connectivity index is 1.88. The fraction of sp³-hybridized carbons (Fsp3) is 0.350. The summed E-state index contributed by atoms with van der Waals surface area (Å²) in [5, 5.41) is 3.03. The van der Waals surface area contributed by atoms with Crippen LogP contribution in [0.2, 0.25) is 0 Å². The van der Waals surface area contributed by atoms with Gasteiger partial charge in [0.15, 0.2) is 0 Å². The molecule has 0 saturated heterocycles. The Bertz CT molecular complexity index is 652. The number of benzene rings is 2. The smallest absolute Gasteiger partial charge is 0.237 e. The van der Waals surface area contributed by atoms with E-state index in [1.807, 2.05) is 37.3 Å². The maximum atomic E-state index is 12.3. The number of aryl methyl sites for hydroxylation is 2. The number of amides is 1. The zero-order valence-electron chi connectivity index (χ0n) is 14.2. The molecular formula is C20H26N2O. The van der Waals surface area contributed by atoms with Crippen molar-refractivity contribution in [1.29, 1.82) is 0 Å². The monoisotopic (exact) mass is 310 g/mol. The zero-order chi connectivity index (χ0) is 16.8. The second-order valence-electron chi connectivity index (χ2n) is 6.34. The Morgan fingerprint density at radius 1 is 1.09 bits per heavy atom. The topological polar surface area (TPSA) is 55.1 Å². The number of nitrogens with two attached hydrogens (primary N) is 1. The number of nitrogens with one attached hydrogen (secondary N) is 1. The van der Waals surface area contributed by atoms with Gasteiger partial charge in [0.05, 0.1) is 6.04 Å². The van der Waals surface area contributed by atoms with Gasteiger partial charge in [-0.05, 0) is 50.3 Å². The van der Waals surface area contributed by atoms with Crippen molar-refractivity contribution in [3.8, 4) is 0 Å². The normalized spacial score (nSPS) is 13.4. The first-order valence-electron chi connectivity index (χ1n) is 8.11. The van der Waals surface area contributed by atoms with Crippen LogP contribution in [0.4, 0.5) is 0 Å². The van der Waals surface area contributed by atoms with Crippen LogP contribution in [0.5, 0.6) is 0 Å². The van der Waals surface area contributed by atoms with Crippen molar-refractivity contribution >= 4 is 5.91 Å². The summed E-state index contributed by atoms with van der Waals surface area (Å²) in [6.45, 7) is 6.22. The molecule has 23 heavy (non-hydrogen) atoms. The third-order valence-electron chi connectivity index (χ3n) is 4.05. The molecule has 0 bridgehead atoms. The van der Waals surface area contributed by atoms with Gasteiger partial charge in [-0.1, -0.05) is 54.1 Å². The van der Waals surface area contributed by atoms with Gasteiger partial charge in [-0.2, -0.15) is 0 Å². The lowest BCUT2D eigenvalue weighted by Crippen LogP contribution is -2.46. The van der Waals surface area contributed by atoms with E-state index < -0.39 is 6.04 Å². The quantitative estimate of drug-likeness (QED) is 0.862. The minimum absolute atomic E-state index is 0.0609. The molecule has 2 atom stereocenters. The molecule has 0 aliphatic rings.